The van der Waals surface area contributed by atoms with Crippen LogP contribution in [0.15, 0.2) is 24.7 Å². The number of amides is 1. The first-order valence-corrected chi connectivity index (χ1v) is 9.23. The molecule has 2 aromatic heterocycles. The fraction of sp³-hybridized carbons (Fsp3) is 0.526. The number of aryl methyl sites for hydroxylation is 2. The van der Waals surface area contributed by atoms with E-state index in [-0.39, 0.29) is 5.91 Å². The highest BCUT2D eigenvalue weighted by Gasteiger charge is 2.37. The third kappa shape index (κ3) is 3.25. The third-order valence-corrected chi connectivity index (χ3v) is 5.57. The summed E-state index contributed by atoms with van der Waals surface area (Å²) in [5, 5.41) is 0. The Hall–Kier alpha value is -2.57. The summed E-state index contributed by atoms with van der Waals surface area (Å²) < 4.78 is 0. The van der Waals surface area contributed by atoms with Gasteiger partial charge in [-0.15, -0.1) is 0 Å². The van der Waals surface area contributed by atoms with Gasteiger partial charge in [0.1, 0.15) is 5.82 Å². The molecule has 2 atom stereocenters. The number of hydrogen-bond acceptors (Lipinski definition) is 6. The van der Waals surface area contributed by atoms with Crippen molar-refractivity contribution < 1.29 is 4.79 Å². The lowest BCUT2D eigenvalue weighted by molar-refractivity contribution is 0.0781. The molecular weight excluding hydrogens is 328 g/mol. The Morgan fingerprint density at radius 3 is 2.31 bits per heavy atom. The van der Waals surface area contributed by atoms with Gasteiger partial charge in [0.05, 0.1) is 11.3 Å². The van der Waals surface area contributed by atoms with Gasteiger partial charge in [-0.2, -0.15) is 0 Å². The monoisotopic (exact) mass is 352 g/mol. The minimum atomic E-state index is 0.0684. The van der Waals surface area contributed by atoms with Crippen LogP contribution in [0.4, 0.5) is 5.95 Å². The maximum absolute atomic E-state index is 12.9. The number of aromatic nitrogens is 4. The number of carbonyl (C=O) groups excluding carboxylic acids is 1. The lowest BCUT2D eigenvalue weighted by Gasteiger charge is -2.22. The van der Waals surface area contributed by atoms with Gasteiger partial charge in [-0.25, -0.2) is 19.9 Å². The zero-order chi connectivity index (χ0) is 18.1. The smallest absolute Gasteiger partial charge is 0.257 e. The van der Waals surface area contributed by atoms with Gasteiger partial charge < -0.3 is 9.80 Å². The number of anilines is 1. The first-order valence-electron chi connectivity index (χ1n) is 9.23. The van der Waals surface area contributed by atoms with Gasteiger partial charge >= 0.3 is 0 Å². The molecule has 0 aliphatic carbocycles. The van der Waals surface area contributed by atoms with E-state index in [4.69, 9.17) is 0 Å². The molecule has 7 heteroatoms. The van der Waals surface area contributed by atoms with Gasteiger partial charge in [-0.1, -0.05) is 0 Å². The molecule has 0 saturated carbocycles. The molecule has 2 aromatic rings. The molecular formula is C19H24N6O. The summed E-state index contributed by atoms with van der Waals surface area (Å²) >= 11 is 0. The van der Waals surface area contributed by atoms with Crippen LogP contribution < -0.4 is 4.90 Å². The Morgan fingerprint density at radius 1 is 1.04 bits per heavy atom. The molecule has 26 heavy (non-hydrogen) atoms. The van der Waals surface area contributed by atoms with E-state index < -0.39 is 0 Å². The molecule has 0 N–H and O–H groups in total. The van der Waals surface area contributed by atoms with Crippen molar-refractivity contribution in [1.82, 2.24) is 24.8 Å². The molecule has 2 aliphatic heterocycles. The van der Waals surface area contributed by atoms with E-state index in [0.717, 1.165) is 50.7 Å². The van der Waals surface area contributed by atoms with Crippen LogP contribution in [0, 0.1) is 25.7 Å². The summed E-state index contributed by atoms with van der Waals surface area (Å²) in [5.74, 6) is 2.67. The average Bonchev–Trinajstić information content (AvgIpc) is 2.95. The fourth-order valence-corrected chi connectivity index (χ4v) is 4.13. The zero-order valence-corrected chi connectivity index (χ0v) is 15.3. The highest BCUT2D eigenvalue weighted by molar-refractivity contribution is 5.95. The van der Waals surface area contributed by atoms with Gasteiger partial charge in [0.15, 0.2) is 0 Å². The van der Waals surface area contributed by atoms with E-state index >= 15 is 0 Å². The fourth-order valence-electron chi connectivity index (χ4n) is 4.13. The molecule has 0 bridgehead atoms. The van der Waals surface area contributed by atoms with Gasteiger partial charge in [-0.05, 0) is 44.6 Å². The van der Waals surface area contributed by atoms with E-state index in [9.17, 15) is 4.79 Å². The molecule has 1 amide bonds. The Labute approximate surface area is 153 Å². The molecule has 0 spiro atoms. The first-order chi connectivity index (χ1) is 12.6. The third-order valence-electron chi connectivity index (χ3n) is 5.57. The van der Waals surface area contributed by atoms with Crippen molar-refractivity contribution in [3.8, 4) is 0 Å². The average molecular weight is 352 g/mol. The molecule has 7 nitrogen and oxygen atoms in total. The van der Waals surface area contributed by atoms with Crippen LogP contribution in [0.5, 0.6) is 0 Å². The number of fused-ring (bicyclic) bond motifs is 1. The molecule has 0 aromatic carbocycles. The van der Waals surface area contributed by atoms with Crippen LogP contribution in [0.2, 0.25) is 0 Å². The van der Waals surface area contributed by atoms with E-state index in [1.54, 1.807) is 18.6 Å². The normalized spacial score (nSPS) is 22.8. The van der Waals surface area contributed by atoms with Crippen LogP contribution in [0.3, 0.4) is 0 Å². The summed E-state index contributed by atoms with van der Waals surface area (Å²) in [5.41, 5.74) is 1.40. The van der Waals surface area contributed by atoms with Crippen molar-refractivity contribution in [2.75, 3.05) is 31.1 Å². The molecule has 0 radical (unpaired) electrons. The van der Waals surface area contributed by atoms with E-state index in [1.807, 2.05) is 24.8 Å². The quantitative estimate of drug-likeness (QED) is 0.821. The SMILES string of the molecule is Cc1ncc(C(=O)N2C[C@H]3CCN(c4ncccn4)CC[C@H]3C2)c(C)n1. The second kappa shape index (κ2) is 6.97. The maximum Gasteiger partial charge on any atom is 0.257 e. The second-order valence-electron chi connectivity index (χ2n) is 7.26. The maximum atomic E-state index is 12.9. The molecule has 2 fully saturated rings. The zero-order valence-electron chi connectivity index (χ0n) is 15.3. The van der Waals surface area contributed by atoms with Crippen molar-refractivity contribution in [2.24, 2.45) is 11.8 Å². The van der Waals surface area contributed by atoms with E-state index in [1.165, 1.54) is 0 Å². The summed E-state index contributed by atoms with van der Waals surface area (Å²) in [7, 11) is 0. The highest BCUT2D eigenvalue weighted by Crippen LogP contribution is 2.33. The minimum Gasteiger partial charge on any atom is -0.341 e. The predicted octanol–water partition coefficient (Wildman–Crippen LogP) is 1.87. The number of hydrogen-bond donors (Lipinski definition) is 0. The van der Waals surface area contributed by atoms with Crippen molar-refractivity contribution in [2.45, 2.75) is 26.7 Å². The number of carbonyl (C=O) groups is 1. The lowest BCUT2D eigenvalue weighted by Crippen LogP contribution is -2.32. The molecule has 0 unspecified atom stereocenters. The van der Waals surface area contributed by atoms with E-state index in [0.29, 0.717) is 23.2 Å². The van der Waals surface area contributed by atoms with Crippen LogP contribution >= 0.6 is 0 Å². The molecule has 2 saturated heterocycles. The van der Waals surface area contributed by atoms with Crippen molar-refractivity contribution in [3.63, 3.8) is 0 Å². The minimum absolute atomic E-state index is 0.0684. The molecule has 136 valence electrons. The Kier molecular flexibility index (Phi) is 4.53. The molecule has 2 aliphatic rings. The lowest BCUT2D eigenvalue weighted by atomic mass is 9.92. The van der Waals surface area contributed by atoms with Gasteiger partial charge in [0, 0.05) is 44.8 Å². The standard InChI is InChI=1S/C19H24N6O/c1-13-17(10-22-14(2)23-13)18(26)25-11-15-4-8-24(9-5-16(15)12-25)19-20-6-3-7-21-19/h3,6-7,10,15-16H,4-5,8-9,11-12H2,1-2H3/t15-,16+. The van der Waals surface area contributed by atoms with Gasteiger partial charge in [-0.3, -0.25) is 4.79 Å². The van der Waals surface area contributed by atoms with Crippen molar-refractivity contribution in [1.29, 1.82) is 0 Å². The number of likely N-dealkylation sites (tertiary alicyclic amines) is 1. The molecule has 4 heterocycles. The van der Waals surface area contributed by atoms with Gasteiger partial charge in [0.25, 0.3) is 5.91 Å². The Balaban J connectivity index is 1.43. The number of nitrogens with zero attached hydrogens (tertiary/aromatic N) is 6. The summed E-state index contributed by atoms with van der Waals surface area (Å²) in [4.78, 5) is 34.5. The summed E-state index contributed by atoms with van der Waals surface area (Å²) in [6.45, 7) is 7.26. The van der Waals surface area contributed by atoms with Crippen LogP contribution in [0.25, 0.3) is 0 Å². The highest BCUT2D eigenvalue weighted by atomic mass is 16.2. The first kappa shape index (κ1) is 16.9. The van der Waals surface area contributed by atoms with Gasteiger partial charge in [0.2, 0.25) is 5.95 Å². The topological polar surface area (TPSA) is 75.1 Å². The second-order valence-corrected chi connectivity index (χ2v) is 7.26. The summed E-state index contributed by atoms with van der Waals surface area (Å²) in [6.07, 6.45) is 7.38. The van der Waals surface area contributed by atoms with E-state index in [2.05, 4.69) is 24.8 Å². The van der Waals surface area contributed by atoms with Crippen molar-refractivity contribution >= 4 is 11.9 Å². The molecule has 4 rings (SSSR count). The van der Waals surface area contributed by atoms with Crippen LogP contribution in [-0.4, -0.2) is 56.9 Å². The van der Waals surface area contributed by atoms with Crippen molar-refractivity contribution in [3.05, 3.63) is 41.7 Å². The Bertz CT molecular complexity index is 780. The van der Waals surface area contributed by atoms with Crippen LogP contribution in [0.1, 0.15) is 34.7 Å². The predicted molar refractivity (Wildman–Crippen MR) is 97.9 cm³/mol. The number of rotatable bonds is 2. The summed E-state index contributed by atoms with van der Waals surface area (Å²) in [6, 6.07) is 1.84. The largest absolute Gasteiger partial charge is 0.341 e. The van der Waals surface area contributed by atoms with Crippen LogP contribution in [-0.2, 0) is 0 Å². The Morgan fingerprint density at radius 2 is 1.69 bits per heavy atom.